The number of fused-ring (bicyclic) bond motifs is 1. The SMILES string of the molecule is Cc1cc(=O)[nH]c(-c2cccc(NC(=O)c3ccc(SCc4cn5ccccc5n4)cc3)c2)n1. The molecule has 5 aromatic rings. The van der Waals surface area contributed by atoms with Gasteiger partial charge in [0.1, 0.15) is 11.5 Å². The van der Waals surface area contributed by atoms with Gasteiger partial charge in [-0.05, 0) is 55.5 Å². The van der Waals surface area contributed by atoms with Crippen molar-refractivity contribution in [1.29, 1.82) is 0 Å². The van der Waals surface area contributed by atoms with E-state index in [0.29, 0.717) is 22.8 Å². The standard InChI is InChI=1S/C26H21N5O2S/c1-17-13-24(32)30-25(27-17)19-5-4-6-20(14-19)29-26(33)18-8-10-22(11-9-18)34-16-21-15-31-12-3-2-7-23(31)28-21/h2-15H,16H2,1H3,(H,29,33)(H,27,30,32). The number of rotatable bonds is 6. The van der Waals surface area contributed by atoms with Gasteiger partial charge in [-0.25, -0.2) is 9.97 Å². The predicted octanol–water partition coefficient (Wildman–Crippen LogP) is 4.94. The molecule has 168 valence electrons. The Bertz CT molecular complexity index is 1510. The first-order chi connectivity index (χ1) is 16.5. The maximum Gasteiger partial charge on any atom is 0.255 e. The molecular formula is C26H21N5O2S. The molecule has 0 saturated heterocycles. The maximum atomic E-state index is 12.8. The van der Waals surface area contributed by atoms with Crippen LogP contribution in [0.5, 0.6) is 0 Å². The Hall–Kier alpha value is -4.17. The Kier molecular flexibility index (Phi) is 5.97. The van der Waals surface area contributed by atoms with E-state index in [4.69, 9.17) is 0 Å². The zero-order valence-corrected chi connectivity index (χ0v) is 19.2. The van der Waals surface area contributed by atoms with Gasteiger partial charge in [0.2, 0.25) is 0 Å². The number of benzene rings is 2. The Morgan fingerprint density at radius 3 is 2.68 bits per heavy atom. The minimum atomic E-state index is -0.212. The van der Waals surface area contributed by atoms with E-state index < -0.39 is 0 Å². The largest absolute Gasteiger partial charge is 0.322 e. The molecule has 0 spiro atoms. The third-order valence-electron chi connectivity index (χ3n) is 5.18. The number of aromatic nitrogens is 4. The summed E-state index contributed by atoms with van der Waals surface area (Å²) < 4.78 is 2.00. The topological polar surface area (TPSA) is 92.2 Å². The monoisotopic (exact) mass is 467 g/mol. The fraction of sp³-hybridized carbons (Fsp3) is 0.0769. The Labute approximate surface area is 199 Å². The van der Waals surface area contributed by atoms with E-state index in [-0.39, 0.29) is 11.5 Å². The van der Waals surface area contributed by atoms with Crippen LogP contribution >= 0.6 is 11.8 Å². The minimum absolute atomic E-state index is 0.209. The summed E-state index contributed by atoms with van der Waals surface area (Å²) in [5.41, 5.74) is 4.25. The lowest BCUT2D eigenvalue weighted by Crippen LogP contribution is -2.12. The third-order valence-corrected chi connectivity index (χ3v) is 6.23. The van der Waals surface area contributed by atoms with Gasteiger partial charge in [0.15, 0.2) is 0 Å². The molecule has 0 atom stereocenters. The van der Waals surface area contributed by atoms with Gasteiger partial charge in [-0.2, -0.15) is 0 Å². The van der Waals surface area contributed by atoms with E-state index in [1.54, 1.807) is 30.8 Å². The number of hydrogen-bond acceptors (Lipinski definition) is 5. The quantitative estimate of drug-likeness (QED) is 0.345. The molecule has 0 saturated carbocycles. The summed E-state index contributed by atoms with van der Waals surface area (Å²) >= 11 is 1.67. The van der Waals surface area contributed by atoms with Crippen molar-refractivity contribution < 1.29 is 4.79 Å². The fourth-order valence-electron chi connectivity index (χ4n) is 3.58. The van der Waals surface area contributed by atoms with Crippen LogP contribution < -0.4 is 10.9 Å². The molecule has 0 aliphatic heterocycles. The van der Waals surface area contributed by atoms with Gasteiger partial charge in [-0.15, -0.1) is 11.8 Å². The zero-order chi connectivity index (χ0) is 23.5. The third kappa shape index (κ3) is 4.92. The average molecular weight is 468 g/mol. The molecule has 0 aliphatic carbocycles. The molecule has 1 amide bonds. The van der Waals surface area contributed by atoms with Crippen LogP contribution in [0.15, 0.2) is 94.9 Å². The highest BCUT2D eigenvalue weighted by Crippen LogP contribution is 2.24. The van der Waals surface area contributed by atoms with Gasteiger partial charge in [0.05, 0.1) is 5.69 Å². The number of carbonyl (C=O) groups excluding carboxylic acids is 1. The van der Waals surface area contributed by atoms with Crippen LogP contribution in [0.1, 0.15) is 21.7 Å². The van der Waals surface area contributed by atoms with Crippen LogP contribution in [0, 0.1) is 6.92 Å². The molecule has 0 radical (unpaired) electrons. The molecule has 7 nitrogen and oxygen atoms in total. The van der Waals surface area contributed by atoms with E-state index in [0.717, 1.165) is 27.6 Å². The summed E-state index contributed by atoms with van der Waals surface area (Å²) in [4.78, 5) is 37.3. The van der Waals surface area contributed by atoms with E-state index in [9.17, 15) is 9.59 Å². The number of aryl methyl sites for hydroxylation is 1. The van der Waals surface area contributed by atoms with Crippen molar-refractivity contribution in [2.24, 2.45) is 0 Å². The number of pyridine rings is 1. The second kappa shape index (κ2) is 9.36. The van der Waals surface area contributed by atoms with Crippen molar-refractivity contribution in [2.75, 3.05) is 5.32 Å². The van der Waals surface area contributed by atoms with Gasteiger partial charge in [0, 0.05) is 51.6 Å². The Balaban J connectivity index is 1.24. The number of nitrogens with one attached hydrogen (secondary N) is 2. The number of aromatic amines is 1. The van der Waals surface area contributed by atoms with Gasteiger partial charge in [-0.3, -0.25) is 9.59 Å². The van der Waals surface area contributed by atoms with Gasteiger partial charge >= 0.3 is 0 Å². The van der Waals surface area contributed by atoms with Crippen molar-refractivity contribution in [3.8, 4) is 11.4 Å². The van der Waals surface area contributed by atoms with Gasteiger partial charge < -0.3 is 14.7 Å². The molecule has 3 heterocycles. The lowest BCUT2D eigenvalue weighted by atomic mass is 10.1. The number of amides is 1. The normalized spacial score (nSPS) is 11.0. The van der Waals surface area contributed by atoms with Crippen LogP contribution in [-0.4, -0.2) is 25.3 Å². The molecule has 0 unspecified atom stereocenters. The number of nitrogens with zero attached hydrogens (tertiary/aromatic N) is 3. The summed E-state index contributed by atoms with van der Waals surface area (Å²) in [6, 6.07) is 22.1. The molecule has 0 fully saturated rings. The van der Waals surface area contributed by atoms with Crippen molar-refractivity contribution in [3.63, 3.8) is 0 Å². The van der Waals surface area contributed by atoms with Crippen LogP contribution in [-0.2, 0) is 5.75 Å². The molecular weight excluding hydrogens is 446 g/mol. The molecule has 5 rings (SSSR count). The molecule has 34 heavy (non-hydrogen) atoms. The highest BCUT2D eigenvalue weighted by atomic mass is 32.2. The first-order valence-corrected chi connectivity index (χ1v) is 11.7. The van der Waals surface area contributed by atoms with E-state index in [2.05, 4.69) is 20.3 Å². The Morgan fingerprint density at radius 2 is 1.88 bits per heavy atom. The van der Waals surface area contributed by atoms with Crippen molar-refractivity contribution >= 4 is 29.0 Å². The first kappa shape index (κ1) is 21.7. The molecule has 2 N–H and O–H groups in total. The number of carbonyl (C=O) groups is 1. The van der Waals surface area contributed by atoms with Crippen LogP contribution in [0.25, 0.3) is 17.0 Å². The number of anilines is 1. The lowest BCUT2D eigenvalue weighted by molar-refractivity contribution is 0.102. The van der Waals surface area contributed by atoms with E-state index >= 15 is 0 Å². The predicted molar refractivity (Wildman–Crippen MR) is 134 cm³/mol. The first-order valence-electron chi connectivity index (χ1n) is 10.7. The molecule has 8 heteroatoms. The highest BCUT2D eigenvalue weighted by Gasteiger charge is 2.09. The summed E-state index contributed by atoms with van der Waals surface area (Å²) in [6.45, 7) is 1.77. The minimum Gasteiger partial charge on any atom is -0.322 e. The zero-order valence-electron chi connectivity index (χ0n) is 18.4. The smallest absolute Gasteiger partial charge is 0.255 e. The summed E-state index contributed by atoms with van der Waals surface area (Å²) in [5, 5.41) is 2.91. The van der Waals surface area contributed by atoms with Crippen molar-refractivity contribution in [1.82, 2.24) is 19.4 Å². The Morgan fingerprint density at radius 1 is 1.03 bits per heavy atom. The van der Waals surface area contributed by atoms with E-state index in [1.807, 2.05) is 71.4 Å². The molecule has 2 aromatic carbocycles. The van der Waals surface area contributed by atoms with Crippen molar-refractivity contribution in [3.05, 3.63) is 112 Å². The summed E-state index contributed by atoms with van der Waals surface area (Å²) in [7, 11) is 0. The van der Waals surface area contributed by atoms with Crippen molar-refractivity contribution in [2.45, 2.75) is 17.6 Å². The average Bonchev–Trinajstić information content (AvgIpc) is 3.26. The highest BCUT2D eigenvalue weighted by molar-refractivity contribution is 7.98. The molecule has 0 aliphatic rings. The molecule has 0 bridgehead atoms. The maximum absolute atomic E-state index is 12.8. The van der Waals surface area contributed by atoms with Gasteiger partial charge in [0.25, 0.3) is 11.5 Å². The number of hydrogen-bond donors (Lipinski definition) is 2. The van der Waals surface area contributed by atoms with Crippen LogP contribution in [0.4, 0.5) is 5.69 Å². The number of thioether (sulfide) groups is 1. The number of H-pyrrole nitrogens is 1. The lowest BCUT2D eigenvalue weighted by Gasteiger charge is -2.08. The molecule has 3 aromatic heterocycles. The fourth-order valence-corrected chi connectivity index (χ4v) is 4.36. The van der Waals surface area contributed by atoms with Crippen LogP contribution in [0.2, 0.25) is 0 Å². The second-order valence-corrected chi connectivity index (χ2v) is 8.83. The van der Waals surface area contributed by atoms with Gasteiger partial charge in [-0.1, -0.05) is 18.2 Å². The van der Waals surface area contributed by atoms with E-state index in [1.165, 1.54) is 6.07 Å². The summed E-state index contributed by atoms with van der Waals surface area (Å²) in [5.74, 6) is 1.00. The number of imidazole rings is 1. The van der Waals surface area contributed by atoms with Crippen LogP contribution in [0.3, 0.4) is 0 Å². The second-order valence-electron chi connectivity index (χ2n) is 7.78. The summed E-state index contributed by atoms with van der Waals surface area (Å²) in [6.07, 6.45) is 4.01.